The van der Waals surface area contributed by atoms with Gasteiger partial charge >= 0.3 is 5.97 Å². The maximum Gasteiger partial charge on any atom is 0.308 e. The Kier molecular flexibility index (Phi) is 2.68. The van der Waals surface area contributed by atoms with Crippen LogP contribution < -0.4 is 0 Å². The largest absolute Gasteiger partial charge is 0.436 e. The maximum absolute atomic E-state index is 10.3. The molecular weight excluding hydrogens is 132 g/mol. The van der Waals surface area contributed by atoms with Crippen LogP contribution in [0.3, 0.4) is 0 Å². The zero-order chi connectivity index (χ0) is 7.40. The Balaban J connectivity index is 2.19. The fraction of sp³-hybridized carbons (Fsp3) is 0.714. The first-order chi connectivity index (χ1) is 4.79. The molecule has 0 N–H and O–H groups in total. The summed E-state index contributed by atoms with van der Waals surface area (Å²) in [5, 5.41) is 0. The molecule has 0 spiro atoms. The lowest BCUT2D eigenvalue weighted by atomic mass is 10.2. The van der Waals surface area contributed by atoms with Crippen molar-refractivity contribution in [1.29, 1.82) is 0 Å². The molecule has 0 bridgehead atoms. The van der Waals surface area contributed by atoms with E-state index in [4.69, 9.17) is 9.47 Å². The van der Waals surface area contributed by atoms with Gasteiger partial charge in [-0.1, -0.05) is 0 Å². The van der Waals surface area contributed by atoms with Crippen LogP contribution in [0.15, 0.2) is 0 Å². The van der Waals surface area contributed by atoms with Crippen LogP contribution in [-0.4, -0.2) is 18.9 Å². The molecule has 57 valence electrons. The Morgan fingerprint density at radius 3 is 2.90 bits per heavy atom. The molecule has 1 rings (SSSR count). The molecule has 1 heterocycles. The second-order valence-electron chi connectivity index (χ2n) is 2.29. The van der Waals surface area contributed by atoms with E-state index in [2.05, 4.69) is 6.92 Å². The van der Waals surface area contributed by atoms with Gasteiger partial charge in [0.15, 0.2) is 0 Å². The summed E-state index contributed by atoms with van der Waals surface area (Å²) >= 11 is 0. The molecule has 1 fully saturated rings. The van der Waals surface area contributed by atoms with E-state index < -0.39 is 5.97 Å². The summed E-state index contributed by atoms with van der Waals surface area (Å²) < 4.78 is 9.82. The van der Waals surface area contributed by atoms with E-state index >= 15 is 0 Å². The number of hydrogen-bond donors (Lipinski definition) is 0. The molecule has 0 amide bonds. The first kappa shape index (κ1) is 7.54. The van der Waals surface area contributed by atoms with Gasteiger partial charge in [0.1, 0.15) is 0 Å². The van der Waals surface area contributed by atoms with E-state index in [-0.39, 0.29) is 6.29 Å². The maximum atomic E-state index is 10.3. The fourth-order valence-corrected chi connectivity index (χ4v) is 0.951. The first-order valence-corrected chi connectivity index (χ1v) is 3.43. The Bertz CT molecular complexity index is 116. The molecule has 0 saturated carbocycles. The highest BCUT2D eigenvalue weighted by Crippen LogP contribution is 2.13. The molecule has 3 nitrogen and oxygen atoms in total. The normalized spacial score (nSPS) is 25.9. The van der Waals surface area contributed by atoms with Crippen LogP contribution in [0.25, 0.3) is 0 Å². The summed E-state index contributed by atoms with van der Waals surface area (Å²) in [7, 11) is 0. The van der Waals surface area contributed by atoms with Gasteiger partial charge in [0.2, 0.25) is 6.29 Å². The SMILES string of the molecule is [CH2]C(=O)OC1CCCCO1. The van der Waals surface area contributed by atoms with Crippen molar-refractivity contribution < 1.29 is 14.3 Å². The average Bonchev–Trinajstić information content (AvgIpc) is 1.88. The van der Waals surface area contributed by atoms with Crippen LogP contribution in [0.5, 0.6) is 0 Å². The minimum Gasteiger partial charge on any atom is -0.436 e. The smallest absolute Gasteiger partial charge is 0.308 e. The van der Waals surface area contributed by atoms with E-state index in [1.807, 2.05) is 0 Å². The van der Waals surface area contributed by atoms with Gasteiger partial charge in [0.05, 0.1) is 13.5 Å². The number of carbonyl (C=O) groups excluding carboxylic acids is 1. The van der Waals surface area contributed by atoms with Gasteiger partial charge in [-0.25, -0.2) is 0 Å². The Morgan fingerprint density at radius 2 is 2.40 bits per heavy atom. The number of ether oxygens (including phenoxy) is 2. The lowest BCUT2D eigenvalue weighted by Crippen LogP contribution is -2.24. The fourth-order valence-electron chi connectivity index (χ4n) is 0.951. The molecule has 0 aliphatic carbocycles. The van der Waals surface area contributed by atoms with E-state index in [9.17, 15) is 4.79 Å². The molecule has 1 atom stereocenters. The predicted octanol–water partition coefficient (Wildman–Crippen LogP) is 0.890. The van der Waals surface area contributed by atoms with E-state index in [1.165, 1.54) is 0 Å². The van der Waals surface area contributed by atoms with Gasteiger partial charge in [0.25, 0.3) is 0 Å². The third-order valence-corrected chi connectivity index (χ3v) is 1.40. The highest BCUT2D eigenvalue weighted by molar-refractivity contribution is 5.73. The van der Waals surface area contributed by atoms with Crippen LogP contribution in [0.2, 0.25) is 0 Å². The third-order valence-electron chi connectivity index (χ3n) is 1.40. The summed E-state index contributed by atoms with van der Waals surface area (Å²) in [5.41, 5.74) is 0. The molecule has 1 aliphatic rings. The standard InChI is InChI=1S/C7H11O3/c1-6(8)10-7-4-2-3-5-9-7/h7H,1-5H2. The highest BCUT2D eigenvalue weighted by Gasteiger charge is 2.15. The van der Waals surface area contributed by atoms with Crippen molar-refractivity contribution in [2.45, 2.75) is 25.6 Å². The lowest BCUT2D eigenvalue weighted by molar-refractivity contribution is -0.181. The monoisotopic (exact) mass is 143 g/mol. The van der Waals surface area contributed by atoms with Gasteiger partial charge in [-0.05, 0) is 12.8 Å². The molecule has 1 radical (unpaired) electrons. The van der Waals surface area contributed by atoms with Crippen LogP contribution in [0, 0.1) is 6.92 Å². The molecule has 3 heteroatoms. The number of rotatable bonds is 1. The van der Waals surface area contributed by atoms with Crippen LogP contribution in [0.4, 0.5) is 0 Å². The molecular formula is C7H11O3. The Labute approximate surface area is 60.3 Å². The van der Waals surface area contributed by atoms with Gasteiger partial charge < -0.3 is 9.47 Å². The average molecular weight is 143 g/mol. The minimum atomic E-state index is -0.507. The quantitative estimate of drug-likeness (QED) is 0.511. The lowest BCUT2D eigenvalue weighted by Gasteiger charge is -2.21. The molecule has 0 aromatic rings. The second-order valence-corrected chi connectivity index (χ2v) is 2.29. The molecule has 0 aromatic heterocycles. The van der Waals surface area contributed by atoms with Crippen molar-refractivity contribution in [3.63, 3.8) is 0 Å². The van der Waals surface area contributed by atoms with Crippen LogP contribution >= 0.6 is 0 Å². The van der Waals surface area contributed by atoms with Gasteiger partial charge in [-0.3, -0.25) is 4.79 Å². The van der Waals surface area contributed by atoms with Gasteiger partial charge in [0, 0.05) is 6.42 Å². The second kappa shape index (κ2) is 3.56. The zero-order valence-electron chi connectivity index (χ0n) is 5.84. The summed E-state index contributed by atoms with van der Waals surface area (Å²) in [6.45, 7) is 3.78. The Hall–Kier alpha value is -0.570. The molecule has 10 heavy (non-hydrogen) atoms. The summed E-state index contributed by atoms with van der Waals surface area (Å²) in [6.07, 6.45) is 2.60. The summed E-state index contributed by atoms with van der Waals surface area (Å²) in [5.74, 6) is -0.507. The first-order valence-electron chi connectivity index (χ1n) is 3.43. The van der Waals surface area contributed by atoms with Crippen molar-refractivity contribution in [1.82, 2.24) is 0 Å². The number of carbonyl (C=O) groups is 1. The van der Waals surface area contributed by atoms with Gasteiger partial charge in [-0.15, -0.1) is 0 Å². The summed E-state index contributed by atoms with van der Waals surface area (Å²) in [4.78, 5) is 10.3. The zero-order valence-corrected chi connectivity index (χ0v) is 5.84. The molecule has 1 saturated heterocycles. The van der Waals surface area contributed by atoms with Crippen molar-refractivity contribution >= 4 is 5.97 Å². The third kappa shape index (κ3) is 2.35. The van der Waals surface area contributed by atoms with Crippen LogP contribution in [0.1, 0.15) is 19.3 Å². The van der Waals surface area contributed by atoms with Crippen molar-refractivity contribution in [2.75, 3.05) is 6.61 Å². The highest BCUT2D eigenvalue weighted by atomic mass is 16.7. The minimum absolute atomic E-state index is 0.334. The molecule has 1 aliphatic heterocycles. The van der Waals surface area contributed by atoms with E-state index in [0.717, 1.165) is 19.3 Å². The predicted molar refractivity (Wildman–Crippen MR) is 35.0 cm³/mol. The van der Waals surface area contributed by atoms with Gasteiger partial charge in [-0.2, -0.15) is 0 Å². The number of esters is 1. The van der Waals surface area contributed by atoms with E-state index in [1.54, 1.807) is 0 Å². The topological polar surface area (TPSA) is 35.5 Å². The van der Waals surface area contributed by atoms with E-state index in [0.29, 0.717) is 6.61 Å². The summed E-state index contributed by atoms with van der Waals surface area (Å²) in [6, 6.07) is 0. The Morgan fingerprint density at radius 1 is 1.60 bits per heavy atom. The van der Waals surface area contributed by atoms with Crippen LogP contribution in [-0.2, 0) is 14.3 Å². The number of hydrogen-bond acceptors (Lipinski definition) is 3. The van der Waals surface area contributed by atoms with Crippen molar-refractivity contribution in [3.8, 4) is 0 Å². The van der Waals surface area contributed by atoms with Crippen molar-refractivity contribution in [2.24, 2.45) is 0 Å². The molecule has 1 unspecified atom stereocenters. The van der Waals surface area contributed by atoms with Crippen molar-refractivity contribution in [3.05, 3.63) is 6.92 Å². The molecule has 0 aromatic carbocycles.